The summed E-state index contributed by atoms with van der Waals surface area (Å²) in [5.74, 6) is -0.221. The third kappa shape index (κ3) is 4.12. The number of aryl methyl sites for hydroxylation is 2. The summed E-state index contributed by atoms with van der Waals surface area (Å²) in [6.07, 6.45) is 2.73. The third-order valence-corrected chi connectivity index (χ3v) is 3.32. The zero-order valence-electron chi connectivity index (χ0n) is 11.9. The van der Waals surface area contributed by atoms with E-state index in [1.54, 1.807) is 22.9 Å². The molecule has 0 radical (unpaired) electrons. The Morgan fingerprint density at radius 3 is 2.81 bits per heavy atom. The standard InChI is InChI=1S/C14H17ClN4O.ClH/c1-3-13-9(8-19(2)18-13)7-17-14(20)11-5-4-10(16)6-12(11)15;/h4-6,8H,3,7,16H2,1-2H3,(H,17,20);1H. The summed E-state index contributed by atoms with van der Waals surface area (Å²) >= 11 is 6.01. The van der Waals surface area contributed by atoms with Crippen LogP contribution in [0.25, 0.3) is 0 Å². The van der Waals surface area contributed by atoms with E-state index in [9.17, 15) is 4.79 Å². The molecule has 0 aliphatic rings. The maximum absolute atomic E-state index is 12.1. The smallest absolute Gasteiger partial charge is 0.253 e. The van der Waals surface area contributed by atoms with E-state index in [1.807, 2.05) is 20.2 Å². The van der Waals surface area contributed by atoms with Crippen LogP contribution in [0.2, 0.25) is 5.02 Å². The Morgan fingerprint density at radius 2 is 2.19 bits per heavy atom. The second-order valence-corrected chi connectivity index (χ2v) is 4.96. The lowest BCUT2D eigenvalue weighted by molar-refractivity contribution is 0.0951. The Morgan fingerprint density at radius 1 is 1.48 bits per heavy atom. The molecule has 1 aromatic heterocycles. The highest BCUT2D eigenvalue weighted by atomic mass is 35.5. The molecule has 0 fully saturated rings. The van der Waals surface area contributed by atoms with Crippen LogP contribution >= 0.6 is 24.0 Å². The first-order chi connectivity index (χ1) is 9.51. The summed E-state index contributed by atoms with van der Waals surface area (Å²) in [6, 6.07) is 4.84. The molecule has 21 heavy (non-hydrogen) atoms. The first kappa shape index (κ1) is 17.3. The molecule has 0 atom stereocenters. The zero-order chi connectivity index (χ0) is 14.7. The van der Waals surface area contributed by atoms with Crippen molar-refractivity contribution in [3.8, 4) is 0 Å². The van der Waals surface area contributed by atoms with E-state index >= 15 is 0 Å². The number of nitrogens with two attached hydrogens (primary N) is 1. The molecule has 0 bridgehead atoms. The number of benzene rings is 1. The van der Waals surface area contributed by atoms with Gasteiger partial charge in [0.25, 0.3) is 5.91 Å². The van der Waals surface area contributed by atoms with E-state index in [0.717, 1.165) is 17.7 Å². The molecular formula is C14H18Cl2N4O. The first-order valence-corrected chi connectivity index (χ1v) is 6.73. The Labute approximate surface area is 134 Å². The van der Waals surface area contributed by atoms with Gasteiger partial charge in [0.15, 0.2) is 0 Å². The monoisotopic (exact) mass is 328 g/mol. The molecule has 0 aliphatic carbocycles. The van der Waals surface area contributed by atoms with Crippen LogP contribution in [0.1, 0.15) is 28.5 Å². The lowest BCUT2D eigenvalue weighted by atomic mass is 10.1. The minimum Gasteiger partial charge on any atom is -0.399 e. The quantitative estimate of drug-likeness (QED) is 0.847. The molecule has 0 saturated carbocycles. The van der Waals surface area contributed by atoms with Gasteiger partial charge in [-0.05, 0) is 24.6 Å². The normalized spacial score (nSPS) is 10.0. The van der Waals surface area contributed by atoms with Crippen LogP contribution in [0.4, 0.5) is 5.69 Å². The predicted molar refractivity (Wildman–Crippen MR) is 86.9 cm³/mol. The van der Waals surface area contributed by atoms with Gasteiger partial charge in [0, 0.05) is 31.0 Å². The fourth-order valence-electron chi connectivity index (χ4n) is 2.02. The van der Waals surface area contributed by atoms with Crippen LogP contribution < -0.4 is 11.1 Å². The van der Waals surface area contributed by atoms with Crippen LogP contribution in [-0.2, 0) is 20.0 Å². The van der Waals surface area contributed by atoms with E-state index in [0.29, 0.717) is 22.8 Å². The van der Waals surface area contributed by atoms with Crippen LogP contribution in [0.5, 0.6) is 0 Å². The Bertz CT molecular complexity index is 640. The summed E-state index contributed by atoms with van der Waals surface area (Å²) in [7, 11) is 1.86. The molecule has 0 aliphatic heterocycles. The van der Waals surface area contributed by atoms with E-state index < -0.39 is 0 Å². The summed E-state index contributed by atoms with van der Waals surface area (Å²) < 4.78 is 1.75. The molecule has 1 amide bonds. The van der Waals surface area contributed by atoms with Gasteiger partial charge in [-0.1, -0.05) is 18.5 Å². The Kier molecular flexibility index (Phi) is 6.05. The number of anilines is 1. The molecule has 114 valence electrons. The first-order valence-electron chi connectivity index (χ1n) is 6.36. The fourth-order valence-corrected chi connectivity index (χ4v) is 2.29. The lowest BCUT2D eigenvalue weighted by Gasteiger charge is -2.07. The van der Waals surface area contributed by atoms with Crippen LogP contribution in [-0.4, -0.2) is 15.7 Å². The van der Waals surface area contributed by atoms with Crippen molar-refractivity contribution in [3.63, 3.8) is 0 Å². The molecular weight excluding hydrogens is 311 g/mol. The number of carbonyl (C=O) groups is 1. The van der Waals surface area contributed by atoms with E-state index in [-0.39, 0.29) is 18.3 Å². The van der Waals surface area contributed by atoms with Gasteiger partial charge in [-0.25, -0.2) is 0 Å². The summed E-state index contributed by atoms with van der Waals surface area (Å²) in [6.45, 7) is 2.46. The van der Waals surface area contributed by atoms with Crippen molar-refractivity contribution in [2.75, 3.05) is 5.73 Å². The molecule has 3 N–H and O–H groups in total. The predicted octanol–water partition coefficient (Wildman–Crippen LogP) is 2.57. The lowest BCUT2D eigenvalue weighted by Crippen LogP contribution is -2.23. The van der Waals surface area contributed by atoms with Crippen molar-refractivity contribution in [2.24, 2.45) is 7.05 Å². The number of nitrogens with zero attached hydrogens (tertiary/aromatic N) is 2. The van der Waals surface area contributed by atoms with E-state index in [2.05, 4.69) is 10.4 Å². The van der Waals surface area contributed by atoms with Crippen molar-refractivity contribution >= 4 is 35.6 Å². The van der Waals surface area contributed by atoms with Crippen LogP contribution in [0.15, 0.2) is 24.4 Å². The maximum atomic E-state index is 12.1. The average Bonchev–Trinajstić information content (AvgIpc) is 2.76. The summed E-state index contributed by atoms with van der Waals surface area (Å²) in [5.41, 5.74) is 8.55. The number of rotatable bonds is 4. The largest absolute Gasteiger partial charge is 0.399 e. The van der Waals surface area contributed by atoms with Gasteiger partial charge in [0.2, 0.25) is 0 Å². The number of hydrogen-bond acceptors (Lipinski definition) is 3. The van der Waals surface area contributed by atoms with Gasteiger partial charge in [-0.15, -0.1) is 12.4 Å². The van der Waals surface area contributed by atoms with Gasteiger partial charge in [-0.3, -0.25) is 9.48 Å². The maximum Gasteiger partial charge on any atom is 0.253 e. The Balaban J connectivity index is 0.00000220. The van der Waals surface area contributed by atoms with Gasteiger partial charge in [0.05, 0.1) is 16.3 Å². The van der Waals surface area contributed by atoms with Gasteiger partial charge < -0.3 is 11.1 Å². The molecule has 2 aromatic rings. The molecule has 5 nitrogen and oxygen atoms in total. The number of amides is 1. The zero-order valence-corrected chi connectivity index (χ0v) is 13.5. The number of nitrogen functional groups attached to an aromatic ring is 1. The second-order valence-electron chi connectivity index (χ2n) is 4.55. The SMILES string of the molecule is CCc1nn(C)cc1CNC(=O)c1ccc(N)cc1Cl.Cl. The topological polar surface area (TPSA) is 72.9 Å². The number of aromatic nitrogens is 2. The highest BCUT2D eigenvalue weighted by Crippen LogP contribution is 2.19. The highest BCUT2D eigenvalue weighted by molar-refractivity contribution is 6.34. The molecule has 1 heterocycles. The van der Waals surface area contributed by atoms with Crippen molar-refractivity contribution in [1.82, 2.24) is 15.1 Å². The van der Waals surface area contributed by atoms with E-state index in [1.165, 1.54) is 0 Å². The molecule has 2 rings (SSSR count). The molecule has 0 unspecified atom stereocenters. The summed E-state index contributed by atoms with van der Waals surface area (Å²) in [5, 5.41) is 7.53. The fraction of sp³-hybridized carbons (Fsp3) is 0.286. The van der Waals surface area contributed by atoms with Gasteiger partial charge >= 0.3 is 0 Å². The van der Waals surface area contributed by atoms with Crippen LogP contribution in [0.3, 0.4) is 0 Å². The number of carbonyl (C=O) groups excluding carboxylic acids is 1. The summed E-state index contributed by atoms with van der Waals surface area (Å²) in [4.78, 5) is 12.1. The van der Waals surface area contributed by atoms with Crippen molar-refractivity contribution in [3.05, 3.63) is 46.2 Å². The number of halogens is 2. The second kappa shape index (κ2) is 7.33. The van der Waals surface area contributed by atoms with E-state index in [4.69, 9.17) is 17.3 Å². The highest BCUT2D eigenvalue weighted by Gasteiger charge is 2.12. The Hall–Kier alpha value is -1.72. The number of hydrogen-bond donors (Lipinski definition) is 2. The van der Waals surface area contributed by atoms with Crippen molar-refractivity contribution in [1.29, 1.82) is 0 Å². The molecule has 0 saturated heterocycles. The van der Waals surface area contributed by atoms with Crippen molar-refractivity contribution < 1.29 is 4.79 Å². The minimum absolute atomic E-state index is 0. The average molecular weight is 329 g/mol. The minimum atomic E-state index is -0.221. The molecule has 7 heteroatoms. The molecule has 0 spiro atoms. The van der Waals surface area contributed by atoms with Crippen LogP contribution in [0, 0.1) is 0 Å². The van der Waals surface area contributed by atoms with Gasteiger partial charge in [-0.2, -0.15) is 5.10 Å². The molecule has 1 aromatic carbocycles. The number of nitrogens with one attached hydrogen (secondary N) is 1. The van der Waals surface area contributed by atoms with Crippen molar-refractivity contribution in [2.45, 2.75) is 19.9 Å². The third-order valence-electron chi connectivity index (χ3n) is 3.00. The van der Waals surface area contributed by atoms with Gasteiger partial charge in [0.1, 0.15) is 0 Å².